The van der Waals surface area contributed by atoms with Crippen LogP contribution in [0.5, 0.6) is 0 Å². The van der Waals surface area contributed by atoms with Crippen molar-refractivity contribution in [2.75, 3.05) is 6.54 Å². The number of alkyl halides is 3. The van der Waals surface area contributed by atoms with Gasteiger partial charge in [0.2, 0.25) is 0 Å². The van der Waals surface area contributed by atoms with Crippen molar-refractivity contribution in [3.05, 3.63) is 35.4 Å². The standard InChI is InChI=1S/C14H18F3NO2/c1-13(2,3)10-6-4-9(5-7-10)11(12(19)20)18-8-14(15,16)17/h4-7,11,18H,8H2,1-3H3,(H,19,20). The van der Waals surface area contributed by atoms with E-state index in [1.54, 1.807) is 24.3 Å². The fourth-order valence-electron chi connectivity index (χ4n) is 1.74. The van der Waals surface area contributed by atoms with Gasteiger partial charge in [0, 0.05) is 0 Å². The lowest BCUT2D eigenvalue weighted by Gasteiger charge is -2.21. The molecule has 3 nitrogen and oxygen atoms in total. The minimum Gasteiger partial charge on any atom is -0.480 e. The molecule has 2 N–H and O–H groups in total. The van der Waals surface area contributed by atoms with Gasteiger partial charge in [0.25, 0.3) is 0 Å². The normalized spacial score (nSPS) is 14.1. The largest absolute Gasteiger partial charge is 0.480 e. The molecule has 0 saturated carbocycles. The minimum atomic E-state index is -4.45. The Bertz CT molecular complexity index is 461. The van der Waals surface area contributed by atoms with Gasteiger partial charge in [-0.05, 0) is 16.5 Å². The summed E-state index contributed by atoms with van der Waals surface area (Å²) < 4.78 is 36.5. The number of carbonyl (C=O) groups is 1. The minimum absolute atomic E-state index is 0.101. The van der Waals surface area contributed by atoms with Crippen molar-refractivity contribution in [1.29, 1.82) is 0 Å². The molecular formula is C14H18F3NO2. The van der Waals surface area contributed by atoms with Crippen LogP contribution < -0.4 is 5.32 Å². The quantitative estimate of drug-likeness (QED) is 0.894. The van der Waals surface area contributed by atoms with E-state index in [9.17, 15) is 18.0 Å². The van der Waals surface area contributed by atoms with Crippen LogP contribution in [-0.4, -0.2) is 23.8 Å². The van der Waals surface area contributed by atoms with Crippen molar-refractivity contribution >= 4 is 5.97 Å². The van der Waals surface area contributed by atoms with Crippen LogP contribution in [0.25, 0.3) is 0 Å². The fraction of sp³-hybridized carbons (Fsp3) is 0.500. The van der Waals surface area contributed by atoms with E-state index in [4.69, 9.17) is 5.11 Å². The van der Waals surface area contributed by atoms with Gasteiger partial charge in [-0.3, -0.25) is 10.1 Å². The first kappa shape index (κ1) is 16.5. The van der Waals surface area contributed by atoms with E-state index in [2.05, 4.69) is 0 Å². The maximum atomic E-state index is 12.2. The van der Waals surface area contributed by atoms with Crippen LogP contribution in [0.1, 0.15) is 37.9 Å². The summed E-state index contributed by atoms with van der Waals surface area (Å²) in [5.41, 5.74) is 1.19. The number of carboxylic acids is 1. The molecule has 0 saturated heterocycles. The molecule has 6 heteroatoms. The Kier molecular flexibility index (Phi) is 4.81. The number of rotatable bonds is 4. The van der Waals surface area contributed by atoms with Crippen LogP contribution in [0.2, 0.25) is 0 Å². The van der Waals surface area contributed by atoms with Gasteiger partial charge in [0.1, 0.15) is 6.04 Å². The zero-order valence-electron chi connectivity index (χ0n) is 11.6. The Morgan fingerprint density at radius 3 is 2.05 bits per heavy atom. The van der Waals surface area contributed by atoms with Gasteiger partial charge in [-0.1, -0.05) is 45.0 Å². The second kappa shape index (κ2) is 5.83. The predicted octanol–water partition coefficient (Wildman–Crippen LogP) is 3.26. The van der Waals surface area contributed by atoms with E-state index in [1.807, 2.05) is 26.1 Å². The van der Waals surface area contributed by atoms with Crippen LogP contribution in [0, 0.1) is 0 Å². The Morgan fingerprint density at radius 2 is 1.70 bits per heavy atom. The van der Waals surface area contributed by atoms with Crippen LogP contribution in [0.4, 0.5) is 13.2 Å². The lowest BCUT2D eigenvalue weighted by Crippen LogP contribution is -2.36. The van der Waals surface area contributed by atoms with Crippen LogP contribution in [0.15, 0.2) is 24.3 Å². The van der Waals surface area contributed by atoms with Crippen molar-refractivity contribution in [2.24, 2.45) is 0 Å². The third-order valence-electron chi connectivity index (χ3n) is 2.86. The molecule has 1 rings (SSSR count). The predicted molar refractivity (Wildman–Crippen MR) is 69.6 cm³/mol. The molecule has 0 spiro atoms. The van der Waals surface area contributed by atoms with Gasteiger partial charge in [-0.25, -0.2) is 0 Å². The molecule has 112 valence electrons. The van der Waals surface area contributed by atoms with E-state index < -0.39 is 24.7 Å². The highest BCUT2D eigenvalue weighted by Gasteiger charge is 2.30. The highest BCUT2D eigenvalue weighted by molar-refractivity contribution is 5.75. The monoisotopic (exact) mass is 289 g/mol. The van der Waals surface area contributed by atoms with Crippen LogP contribution >= 0.6 is 0 Å². The summed E-state index contributed by atoms with van der Waals surface area (Å²) in [4.78, 5) is 11.1. The number of carboxylic acid groups (broad SMARTS) is 1. The number of benzene rings is 1. The summed E-state index contributed by atoms with van der Waals surface area (Å²) in [6.45, 7) is 4.65. The van der Waals surface area contributed by atoms with E-state index >= 15 is 0 Å². The summed E-state index contributed by atoms with van der Waals surface area (Å²) in [5, 5.41) is 11.0. The third kappa shape index (κ3) is 4.85. The zero-order valence-corrected chi connectivity index (χ0v) is 11.6. The van der Waals surface area contributed by atoms with E-state index in [1.165, 1.54) is 0 Å². The number of nitrogens with one attached hydrogen (secondary N) is 1. The third-order valence-corrected chi connectivity index (χ3v) is 2.86. The van der Waals surface area contributed by atoms with Crippen LogP contribution in [-0.2, 0) is 10.2 Å². The lowest BCUT2D eigenvalue weighted by atomic mass is 9.86. The number of hydrogen-bond donors (Lipinski definition) is 2. The average molecular weight is 289 g/mol. The Balaban J connectivity index is 2.91. The van der Waals surface area contributed by atoms with Crippen molar-refractivity contribution in [3.63, 3.8) is 0 Å². The molecule has 20 heavy (non-hydrogen) atoms. The molecule has 0 aliphatic carbocycles. The van der Waals surface area contributed by atoms with Gasteiger partial charge in [0.15, 0.2) is 0 Å². The molecule has 0 fully saturated rings. The van der Waals surface area contributed by atoms with Crippen molar-refractivity contribution in [2.45, 2.75) is 38.4 Å². The molecule has 0 aromatic heterocycles. The maximum absolute atomic E-state index is 12.2. The Morgan fingerprint density at radius 1 is 1.20 bits per heavy atom. The first-order chi connectivity index (χ1) is 9.00. The molecule has 1 unspecified atom stereocenters. The molecule has 0 amide bonds. The van der Waals surface area contributed by atoms with Gasteiger partial charge in [-0.15, -0.1) is 0 Å². The SMILES string of the molecule is CC(C)(C)c1ccc(C(NCC(F)(F)F)C(=O)O)cc1. The lowest BCUT2D eigenvalue weighted by molar-refractivity contribution is -0.143. The summed E-state index contributed by atoms with van der Waals surface area (Å²) >= 11 is 0. The molecule has 1 aromatic rings. The summed E-state index contributed by atoms with van der Waals surface area (Å²) in [6, 6.07) is 5.19. The highest BCUT2D eigenvalue weighted by Crippen LogP contribution is 2.24. The van der Waals surface area contributed by atoms with E-state index in [0.717, 1.165) is 5.56 Å². The Hall–Kier alpha value is -1.56. The summed E-state index contributed by atoms with van der Waals surface area (Å²) in [6.07, 6.45) is -4.45. The van der Waals surface area contributed by atoms with Gasteiger partial charge < -0.3 is 5.11 Å². The average Bonchev–Trinajstić information content (AvgIpc) is 2.26. The van der Waals surface area contributed by atoms with Gasteiger partial charge >= 0.3 is 12.1 Å². The number of aliphatic carboxylic acids is 1. The number of halogens is 3. The Labute approximate surface area is 115 Å². The topological polar surface area (TPSA) is 49.3 Å². The second-order valence-corrected chi connectivity index (χ2v) is 5.64. The second-order valence-electron chi connectivity index (χ2n) is 5.64. The van der Waals surface area contributed by atoms with E-state index in [-0.39, 0.29) is 5.41 Å². The zero-order chi connectivity index (χ0) is 15.6. The molecule has 0 aliphatic heterocycles. The van der Waals surface area contributed by atoms with Crippen molar-refractivity contribution in [1.82, 2.24) is 5.32 Å². The van der Waals surface area contributed by atoms with Gasteiger partial charge in [0.05, 0.1) is 6.54 Å². The summed E-state index contributed by atoms with van der Waals surface area (Å²) in [7, 11) is 0. The van der Waals surface area contributed by atoms with Crippen molar-refractivity contribution in [3.8, 4) is 0 Å². The molecule has 1 aromatic carbocycles. The molecule has 0 radical (unpaired) electrons. The highest BCUT2D eigenvalue weighted by atomic mass is 19.4. The molecule has 0 heterocycles. The number of hydrogen-bond acceptors (Lipinski definition) is 2. The molecular weight excluding hydrogens is 271 g/mol. The van der Waals surface area contributed by atoms with Crippen LogP contribution in [0.3, 0.4) is 0 Å². The fourth-order valence-corrected chi connectivity index (χ4v) is 1.74. The van der Waals surface area contributed by atoms with E-state index in [0.29, 0.717) is 5.56 Å². The molecule has 1 atom stereocenters. The first-order valence-electron chi connectivity index (χ1n) is 6.14. The first-order valence-corrected chi connectivity index (χ1v) is 6.14. The molecule has 0 aliphatic rings. The summed E-state index contributed by atoms with van der Waals surface area (Å²) in [5.74, 6) is -1.34. The van der Waals surface area contributed by atoms with Gasteiger partial charge in [-0.2, -0.15) is 13.2 Å². The van der Waals surface area contributed by atoms with Crippen molar-refractivity contribution < 1.29 is 23.1 Å². The maximum Gasteiger partial charge on any atom is 0.401 e. The smallest absolute Gasteiger partial charge is 0.401 e. The molecule has 0 bridgehead atoms.